The Kier molecular flexibility index (Phi) is 5.32. The third kappa shape index (κ3) is 3.47. The van der Waals surface area contributed by atoms with Crippen molar-refractivity contribution in [2.45, 2.75) is 57.7 Å². The largest absolute Gasteiger partial charge is 0.496 e. The molecule has 2 aromatic rings. The Morgan fingerprint density at radius 1 is 1.09 bits per heavy atom. The van der Waals surface area contributed by atoms with Crippen molar-refractivity contribution in [1.82, 2.24) is 4.90 Å². The van der Waals surface area contributed by atoms with E-state index in [0.717, 1.165) is 42.9 Å². The Labute approximate surface area is 198 Å². The Hall–Kier alpha value is -2.72. The summed E-state index contributed by atoms with van der Waals surface area (Å²) in [6.07, 6.45) is 10.5. The highest BCUT2D eigenvalue weighted by Crippen LogP contribution is 2.52. The molecule has 2 aliphatic heterocycles. The van der Waals surface area contributed by atoms with E-state index in [4.69, 9.17) is 9.47 Å². The Bertz CT molecular complexity index is 1130. The van der Waals surface area contributed by atoms with Gasteiger partial charge in [0.15, 0.2) is 0 Å². The maximum atomic E-state index is 6.28. The summed E-state index contributed by atoms with van der Waals surface area (Å²) in [6, 6.07) is 10.7. The van der Waals surface area contributed by atoms with Gasteiger partial charge in [-0.15, -0.1) is 0 Å². The molecule has 4 heteroatoms. The van der Waals surface area contributed by atoms with Crippen molar-refractivity contribution in [3.05, 3.63) is 59.7 Å². The third-order valence-corrected chi connectivity index (χ3v) is 7.45. The molecule has 2 aromatic carbocycles. The zero-order chi connectivity index (χ0) is 23.4. The number of ether oxygens (including phenoxy) is 2. The molecule has 0 aromatic heterocycles. The molecule has 174 valence electrons. The number of likely N-dealkylation sites (N-methyl/N-ethyl adjacent to an activating group) is 1. The van der Waals surface area contributed by atoms with Gasteiger partial charge in [-0.25, -0.2) is 0 Å². The van der Waals surface area contributed by atoms with Gasteiger partial charge in [0.25, 0.3) is 0 Å². The fourth-order valence-electron chi connectivity index (χ4n) is 6.59. The van der Waals surface area contributed by atoms with Crippen molar-refractivity contribution in [3.63, 3.8) is 0 Å². The lowest BCUT2D eigenvalue weighted by atomic mass is 9.75. The first-order valence-corrected chi connectivity index (χ1v) is 12.0. The molecule has 3 aliphatic rings. The van der Waals surface area contributed by atoms with E-state index in [1.165, 1.54) is 28.0 Å². The summed E-state index contributed by atoms with van der Waals surface area (Å²) in [4.78, 5) is 5.08. The highest BCUT2D eigenvalue weighted by Gasteiger charge is 2.46. The fraction of sp³-hybridized carbons (Fsp3) is 0.448. The topological polar surface area (TPSA) is 24.9 Å². The molecule has 0 bridgehead atoms. The van der Waals surface area contributed by atoms with Crippen LogP contribution in [0.25, 0.3) is 16.7 Å². The minimum atomic E-state index is -0.0857. The number of anilines is 1. The van der Waals surface area contributed by atoms with Crippen LogP contribution in [0.1, 0.15) is 51.2 Å². The molecule has 2 heterocycles. The van der Waals surface area contributed by atoms with E-state index in [1.54, 1.807) is 7.11 Å². The van der Waals surface area contributed by atoms with E-state index in [0.29, 0.717) is 6.61 Å². The van der Waals surface area contributed by atoms with Crippen molar-refractivity contribution in [2.75, 3.05) is 32.6 Å². The molecule has 0 unspecified atom stereocenters. The van der Waals surface area contributed by atoms with Crippen LogP contribution in [0.3, 0.4) is 0 Å². The van der Waals surface area contributed by atoms with Gasteiger partial charge in [-0.05, 0) is 83.5 Å². The molecule has 0 N–H and O–H groups in total. The van der Waals surface area contributed by atoms with Gasteiger partial charge in [-0.2, -0.15) is 0 Å². The van der Waals surface area contributed by atoms with Gasteiger partial charge < -0.3 is 19.3 Å². The summed E-state index contributed by atoms with van der Waals surface area (Å²) >= 11 is 0. The van der Waals surface area contributed by atoms with Crippen LogP contribution in [0.4, 0.5) is 5.69 Å². The molecule has 4 nitrogen and oxygen atoms in total. The maximum absolute atomic E-state index is 6.28. The van der Waals surface area contributed by atoms with Crippen LogP contribution in [0, 0.1) is 0 Å². The van der Waals surface area contributed by atoms with Crippen LogP contribution in [0.5, 0.6) is 11.5 Å². The minimum absolute atomic E-state index is 0.0487. The fourth-order valence-corrected chi connectivity index (χ4v) is 6.59. The maximum Gasteiger partial charge on any atom is 0.131 e. The normalized spacial score (nSPS) is 22.8. The summed E-state index contributed by atoms with van der Waals surface area (Å²) in [7, 11) is 6.13. The molecule has 0 radical (unpaired) electrons. The number of benzene rings is 2. The Morgan fingerprint density at radius 3 is 2.61 bits per heavy atom. The Morgan fingerprint density at radius 2 is 1.91 bits per heavy atom. The number of hydrogen-bond acceptors (Lipinski definition) is 4. The van der Waals surface area contributed by atoms with Gasteiger partial charge in [-0.1, -0.05) is 30.4 Å². The second kappa shape index (κ2) is 7.95. The molecule has 0 saturated carbocycles. The second-order valence-electron chi connectivity index (χ2n) is 10.6. The van der Waals surface area contributed by atoms with Gasteiger partial charge in [0.05, 0.1) is 23.8 Å². The predicted octanol–water partition coefficient (Wildman–Crippen LogP) is 6.30. The van der Waals surface area contributed by atoms with Crippen LogP contribution in [-0.4, -0.2) is 43.7 Å². The first kappa shape index (κ1) is 22.1. The van der Waals surface area contributed by atoms with Gasteiger partial charge in [-0.3, -0.25) is 0 Å². The van der Waals surface area contributed by atoms with E-state index in [-0.39, 0.29) is 11.1 Å². The summed E-state index contributed by atoms with van der Waals surface area (Å²) in [5.41, 5.74) is 7.52. The summed E-state index contributed by atoms with van der Waals surface area (Å²) in [5.74, 6) is 1.77. The first-order valence-electron chi connectivity index (χ1n) is 12.0. The highest BCUT2D eigenvalue weighted by molar-refractivity contribution is 5.91. The number of hydrogen-bond donors (Lipinski definition) is 0. The van der Waals surface area contributed by atoms with E-state index in [2.05, 4.69) is 75.0 Å². The molecule has 1 aliphatic carbocycles. The van der Waals surface area contributed by atoms with Crippen molar-refractivity contribution < 1.29 is 9.47 Å². The number of allylic oxidation sites excluding steroid dienone is 2. The molecule has 33 heavy (non-hydrogen) atoms. The number of rotatable bonds is 4. The SMILES string of the molecule is COc1cccc2c1-c1ccc3c(c1CO2)C(C)=CC(C)(C)N3[C@]1(CN(C)C)CC=CCC1. The van der Waals surface area contributed by atoms with Crippen molar-refractivity contribution in [1.29, 1.82) is 0 Å². The first-order chi connectivity index (χ1) is 15.8. The molecule has 0 fully saturated rings. The van der Waals surface area contributed by atoms with Gasteiger partial charge >= 0.3 is 0 Å². The van der Waals surface area contributed by atoms with E-state index in [9.17, 15) is 0 Å². The van der Waals surface area contributed by atoms with Gasteiger partial charge in [0.2, 0.25) is 0 Å². The quantitative estimate of drug-likeness (QED) is 0.517. The summed E-state index contributed by atoms with van der Waals surface area (Å²) in [6.45, 7) is 8.60. The third-order valence-electron chi connectivity index (χ3n) is 7.45. The average molecular weight is 445 g/mol. The van der Waals surface area contributed by atoms with Crippen LogP contribution in [-0.2, 0) is 6.61 Å². The second-order valence-corrected chi connectivity index (χ2v) is 10.6. The molecule has 5 rings (SSSR count). The standard InChI is InChI=1S/C29H36N2O2/c1-20-17-28(2,3)31(29(19-30(4)5)15-8-7-9-16-29)23-14-13-21-22(26(20)23)18-33-25-12-10-11-24(32-6)27(21)25/h7-8,10-14,17H,9,15-16,18-19H2,1-6H3/t29-/m1/s1. The lowest BCUT2D eigenvalue weighted by Crippen LogP contribution is -2.63. The number of nitrogens with zero attached hydrogens (tertiary/aromatic N) is 2. The number of fused-ring (bicyclic) bond motifs is 5. The highest BCUT2D eigenvalue weighted by atomic mass is 16.5. The monoisotopic (exact) mass is 444 g/mol. The molecular weight excluding hydrogens is 408 g/mol. The smallest absolute Gasteiger partial charge is 0.131 e. The molecule has 0 spiro atoms. The van der Waals surface area contributed by atoms with E-state index >= 15 is 0 Å². The van der Waals surface area contributed by atoms with E-state index in [1.807, 2.05) is 18.2 Å². The van der Waals surface area contributed by atoms with Crippen LogP contribution >= 0.6 is 0 Å². The summed E-state index contributed by atoms with van der Waals surface area (Å²) < 4.78 is 12.0. The molecule has 0 amide bonds. The zero-order valence-electron chi connectivity index (χ0n) is 20.9. The average Bonchev–Trinajstić information content (AvgIpc) is 2.77. The molecule has 0 saturated heterocycles. The predicted molar refractivity (Wildman–Crippen MR) is 137 cm³/mol. The Balaban J connectivity index is 1.74. The van der Waals surface area contributed by atoms with Crippen molar-refractivity contribution >= 4 is 11.3 Å². The van der Waals surface area contributed by atoms with Crippen molar-refractivity contribution in [2.24, 2.45) is 0 Å². The van der Waals surface area contributed by atoms with Crippen LogP contribution in [0.15, 0.2) is 48.6 Å². The number of methoxy groups -OCH3 is 1. The van der Waals surface area contributed by atoms with Gasteiger partial charge in [0.1, 0.15) is 18.1 Å². The van der Waals surface area contributed by atoms with E-state index < -0.39 is 0 Å². The van der Waals surface area contributed by atoms with Crippen LogP contribution in [0.2, 0.25) is 0 Å². The summed E-state index contributed by atoms with van der Waals surface area (Å²) in [5, 5.41) is 0. The van der Waals surface area contributed by atoms with Crippen molar-refractivity contribution in [3.8, 4) is 22.6 Å². The molecule has 1 atom stereocenters. The zero-order valence-corrected chi connectivity index (χ0v) is 20.9. The van der Waals surface area contributed by atoms with Gasteiger partial charge in [0, 0.05) is 23.4 Å². The lowest BCUT2D eigenvalue weighted by Gasteiger charge is -2.57. The minimum Gasteiger partial charge on any atom is -0.496 e. The molecular formula is C29H36N2O2. The van der Waals surface area contributed by atoms with Crippen LogP contribution < -0.4 is 14.4 Å². The lowest BCUT2D eigenvalue weighted by molar-refractivity contribution is 0.224.